The summed E-state index contributed by atoms with van der Waals surface area (Å²) in [5.41, 5.74) is -0.131. The van der Waals surface area contributed by atoms with Crippen LogP contribution >= 0.6 is 11.6 Å². The zero-order valence-corrected chi connectivity index (χ0v) is 9.36. The molecule has 0 amide bonds. The van der Waals surface area contributed by atoms with Crippen LogP contribution in [0.15, 0.2) is 42.6 Å². The first-order valence-corrected chi connectivity index (χ1v) is 5.20. The van der Waals surface area contributed by atoms with Crippen molar-refractivity contribution in [3.05, 3.63) is 53.2 Å². The molecule has 0 aliphatic heterocycles. The number of hydrogen-bond donors (Lipinski definition) is 0. The van der Waals surface area contributed by atoms with Gasteiger partial charge in [-0.05, 0) is 30.3 Å². The van der Waals surface area contributed by atoms with Gasteiger partial charge < -0.3 is 4.74 Å². The largest absolute Gasteiger partial charge is 0.439 e. The molecule has 0 radical (unpaired) electrons. The molecule has 0 aliphatic carbocycles. The van der Waals surface area contributed by atoms with Crippen LogP contribution in [0.1, 0.15) is 12.0 Å². The fourth-order valence-corrected chi connectivity index (χ4v) is 1.33. The fourth-order valence-electron chi connectivity index (χ4n) is 1.20. The number of halogens is 3. The first-order chi connectivity index (χ1) is 8.15. The van der Waals surface area contributed by atoms with Crippen LogP contribution in [0, 0.1) is 0 Å². The van der Waals surface area contributed by atoms with Crippen LogP contribution in [0.3, 0.4) is 0 Å². The highest BCUT2D eigenvalue weighted by Gasteiger charge is 2.07. The molecule has 0 spiro atoms. The summed E-state index contributed by atoms with van der Waals surface area (Å²) in [5, 5.41) is 0.596. The van der Waals surface area contributed by atoms with Gasteiger partial charge in [0.25, 0.3) is 6.43 Å². The minimum atomic E-state index is -2.52. The fraction of sp³-hybridized carbons (Fsp3) is 0.0833. The molecule has 1 aromatic heterocycles. The molecule has 5 heteroatoms. The van der Waals surface area contributed by atoms with Gasteiger partial charge in [-0.15, -0.1) is 0 Å². The van der Waals surface area contributed by atoms with Crippen molar-refractivity contribution >= 4 is 11.6 Å². The van der Waals surface area contributed by atoms with Gasteiger partial charge in [0.2, 0.25) is 5.88 Å². The minimum absolute atomic E-state index is 0.131. The predicted octanol–water partition coefficient (Wildman–Crippen LogP) is 4.46. The third-order valence-electron chi connectivity index (χ3n) is 2.05. The molecule has 0 saturated heterocycles. The van der Waals surface area contributed by atoms with Crippen molar-refractivity contribution in [1.82, 2.24) is 4.98 Å². The Morgan fingerprint density at radius 2 is 1.76 bits per heavy atom. The normalized spacial score (nSPS) is 10.6. The van der Waals surface area contributed by atoms with E-state index in [1.165, 1.54) is 12.1 Å². The van der Waals surface area contributed by atoms with E-state index in [-0.39, 0.29) is 11.4 Å². The van der Waals surface area contributed by atoms with Crippen LogP contribution in [0.5, 0.6) is 11.6 Å². The van der Waals surface area contributed by atoms with E-state index in [0.29, 0.717) is 10.8 Å². The van der Waals surface area contributed by atoms with E-state index in [1.807, 2.05) is 0 Å². The third-order valence-corrected chi connectivity index (χ3v) is 2.30. The Hall–Kier alpha value is -1.68. The number of ether oxygens (including phenoxy) is 1. The Balaban J connectivity index is 2.11. The van der Waals surface area contributed by atoms with Gasteiger partial charge in [0.1, 0.15) is 5.75 Å². The Labute approximate surface area is 102 Å². The minimum Gasteiger partial charge on any atom is -0.439 e. The molecule has 0 aliphatic rings. The third kappa shape index (κ3) is 3.14. The van der Waals surface area contributed by atoms with Crippen LogP contribution in [0.25, 0.3) is 0 Å². The molecule has 88 valence electrons. The van der Waals surface area contributed by atoms with Crippen LogP contribution in [-0.2, 0) is 0 Å². The van der Waals surface area contributed by atoms with Crippen molar-refractivity contribution < 1.29 is 13.5 Å². The summed E-state index contributed by atoms with van der Waals surface area (Å²) in [4.78, 5) is 3.78. The second-order valence-electron chi connectivity index (χ2n) is 3.29. The van der Waals surface area contributed by atoms with Gasteiger partial charge in [-0.1, -0.05) is 11.6 Å². The van der Waals surface area contributed by atoms with E-state index in [9.17, 15) is 8.78 Å². The molecule has 17 heavy (non-hydrogen) atoms. The second kappa shape index (κ2) is 5.10. The first-order valence-electron chi connectivity index (χ1n) is 4.82. The number of benzene rings is 1. The van der Waals surface area contributed by atoms with Crippen LogP contribution < -0.4 is 4.74 Å². The highest BCUT2D eigenvalue weighted by molar-refractivity contribution is 6.30. The van der Waals surface area contributed by atoms with E-state index in [1.54, 1.807) is 24.3 Å². The van der Waals surface area contributed by atoms with E-state index < -0.39 is 6.43 Å². The average Bonchev–Trinajstić information content (AvgIpc) is 2.33. The number of rotatable bonds is 3. The van der Waals surface area contributed by atoms with Crippen molar-refractivity contribution in [3.8, 4) is 11.6 Å². The Bertz CT molecular complexity index is 485. The maximum atomic E-state index is 12.3. The van der Waals surface area contributed by atoms with Gasteiger partial charge in [0.15, 0.2) is 0 Å². The molecule has 2 rings (SSSR count). The Morgan fingerprint density at radius 1 is 1.06 bits per heavy atom. The number of pyridine rings is 1. The lowest BCUT2D eigenvalue weighted by Gasteiger charge is -2.05. The van der Waals surface area contributed by atoms with Crippen molar-refractivity contribution in [2.45, 2.75) is 6.43 Å². The van der Waals surface area contributed by atoms with Crippen LogP contribution in [-0.4, -0.2) is 4.98 Å². The van der Waals surface area contributed by atoms with E-state index in [2.05, 4.69) is 4.98 Å². The van der Waals surface area contributed by atoms with E-state index >= 15 is 0 Å². The number of alkyl halides is 2. The molecule has 0 atom stereocenters. The zero-order valence-electron chi connectivity index (χ0n) is 8.61. The molecule has 0 unspecified atom stereocenters. The average molecular weight is 256 g/mol. The van der Waals surface area contributed by atoms with Gasteiger partial charge in [-0.25, -0.2) is 13.8 Å². The summed E-state index contributed by atoms with van der Waals surface area (Å²) >= 11 is 5.72. The Morgan fingerprint density at radius 3 is 2.29 bits per heavy atom. The van der Waals surface area contributed by atoms with Crippen molar-refractivity contribution in [2.75, 3.05) is 0 Å². The summed E-state index contributed by atoms with van der Waals surface area (Å²) < 4.78 is 29.9. The van der Waals surface area contributed by atoms with Crippen molar-refractivity contribution in [3.63, 3.8) is 0 Å². The van der Waals surface area contributed by atoms with Gasteiger partial charge in [0, 0.05) is 22.8 Å². The van der Waals surface area contributed by atoms with Crippen LogP contribution in [0.4, 0.5) is 8.78 Å². The Kier molecular flexibility index (Phi) is 3.54. The maximum absolute atomic E-state index is 12.3. The molecular formula is C12H8ClF2NO. The van der Waals surface area contributed by atoms with Crippen LogP contribution in [0.2, 0.25) is 5.02 Å². The zero-order chi connectivity index (χ0) is 12.3. The first kappa shape index (κ1) is 11.8. The van der Waals surface area contributed by atoms with Gasteiger partial charge in [-0.3, -0.25) is 0 Å². The number of hydrogen-bond acceptors (Lipinski definition) is 2. The monoisotopic (exact) mass is 255 g/mol. The van der Waals surface area contributed by atoms with Crippen molar-refractivity contribution in [1.29, 1.82) is 0 Å². The summed E-state index contributed by atoms with van der Waals surface area (Å²) in [7, 11) is 0. The van der Waals surface area contributed by atoms with E-state index in [0.717, 1.165) is 6.20 Å². The van der Waals surface area contributed by atoms with Crippen molar-refractivity contribution in [2.24, 2.45) is 0 Å². The van der Waals surface area contributed by atoms with Gasteiger partial charge in [0.05, 0.1) is 0 Å². The predicted molar refractivity (Wildman–Crippen MR) is 60.7 cm³/mol. The topological polar surface area (TPSA) is 22.1 Å². The summed E-state index contributed by atoms with van der Waals surface area (Å²) in [6.07, 6.45) is -1.43. The molecule has 1 aromatic carbocycles. The molecule has 0 saturated carbocycles. The smallest absolute Gasteiger partial charge is 0.265 e. The molecule has 2 aromatic rings. The molecule has 1 heterocycles. The second-order valence-corrected chi connectivity index (χ2v) is 3.72. The highest BCUT2D eigenvalue weighted by atomic mass is 35.5. The molecule has 2 nitrogen and oxygen atoms in total. The lowest BCUT2D eigenvalue weighted by molar-refractivity contribution is 0.151. The van der Waals surface area contributed by atoms with E-state index in [4.69, 9.17) is 16.3 Å². The summed E-state index contributed by atoms with van der Waals surface area (Å²) in [6.45, 7) is 0. The van der Waals surface area contributed by atoms with Gasteiger partial charge in [-0.2, -0.15) is 0 Å². The molecule has 0 N–H and O–H groups in total. The summed E-state index contributed by atoms with van der Waals surface area (Å²) in [6, 6.07) is 9.37. The summed E-state index contributed by atoms with van der Waals surface area (Å²) in [5.74, 6) is 0.809. The number of aromatic nitrogens is 1. The lowest BCUT2D eigenvalue weighted by atomic mass is 10.3. The lowest BCUT2D eigenvalue weighted by Crippen LogP contribution is -1.90. The molecule has 0 fully saturated rings. The van der Waals surface area contributed by atoms with Gasteiger partial charge >= 0.3 is 0 Å². The SMILES string of the molecule is FC(F)c1ccc(Oc2ccc(Cl)cc2)nc1. The maximum Gasteiger partial charge on any atom is 0.265 e. The molecule has 0 bridgehead atoms. The standard InChI is InChI=1S/C12H8ClF2NO/c13-9-2-4-10(5-3-9)17-11-6-1-8(7-16-11)12(14)15/h1-7,12H. The number of nitrogens with zero attached hydrogens (tertiary/aromatic N) is 1. The molecular weight excluding hydrogens is 248 g/mol. The highest BCUT2D eigenvalue weighted by Crippen LogP contribution is 2.23. The quantitative estimate of drug-likeness (QED) is 0.808.